The van der Waals surface area contributed by atoms with Gasteiger partial charge in [-0.3, -0.25) is 0 Å². The van der Waals surface area contributed by atoms with E-state index in [2.05, 4.69) is 15.0 Å². The molecular weight excluding hydrogens is 429 g/mol. The zero-order chi connectivity index (χ0) is 22.9. The lowest BCUT2D eigenvalue weighted by atomic mass is 9.94. The van der Waals surface area contributed by atoms with Crippen molar-refractivity contribution >= 4 is 27.8 Å². The van der Waals surface area contributed by atoms with Crippen molar-refractivity contribution < 1.29 is 24.1 Å². The Labute approximate surface area is 187 Å². The number of ether oxygens (including phenoxy) is 2. The van der Waals surface area contributed by atoms with Crippen LogP contribution in [0.25, 0.3) is 21.9 Å². The maximum atomic E-state index is 13.7. The molecule has 3 aromatic heterocycles. The maximum absolute atomic E-state index is 13.7. The summed E-state index contributed by atoms with van der Waals surface area (Å²) in [6, 6.07) is 8.26. The molecule has 2 fully saturated rings. The third-order valence-corrected chi connectivity index (χ3v) is 6.77. The Kier molecular flexibility index (Phi) is 4.35. The molecule has 2 aliphatic rings. The van der Waals surface area contributed by atoms with Crippen LogP contribution in [-0.4, -0.2) is 53.6 Å². The Hall–Kier alpha value is -3.34. The molecule has 0 bridgehead atoms. The zero-order valence-electron chi connectivity index (χ0n) is 17.7. The zero-order valence-corrected chi connectivity index (χ0v) is 17.7. The lowest BCUT2D eigenvalue weighted by Crippen LogP contribution is -2.47. The molecule has 6 rings (SSSR count). The molecule has 1 saturated carbocycles. The third-order valence-electron chi connectivity index (χ3n) is 6.77. The van der Waals surface area contributed by atoms with Crippen LogP contribution in [0.1, 0.15) is 24.8 Å². The van der Waals surface area contributed by atoms with E-state index in [1.54, 1.807) is 29.0 Å². The Bertz CT molecular complexity index is 1390. The van der Waals surface area contributed by atoms with Crippen LogP contribution in [0.15, 0.2) is 42.9 Å². The van der Waals surface area contributed by atoms with E-state index in [1.165, 1.54) is 12.4 Å². The standard InChI is InChI=1S/C23H22FN5O4/c1-11-14-5-7-29(21(14)27-10-26-11)22-18(30)23(31)6-4-17(19(23)33-22)32-13-3-2-12-8-15(24)20(25)28-16(12)9-13/h2-3,5,7-10,17-19,22,30-31H,4,6H2,1H3,(H2,25,28)/t17-,18-,19+,22+,23-/m0/s1. The minimum atomic E-state index is -1.46. The van der Waals surface area contributed by atoms with Crippen LogP contribution >= 0.6 is 0 Å². The molecule has 0 amide bonds. The Balaban J connectivity index is 1.29. The molecular formula is C23H22FN5O4. The van der Waals surface area contributed by atoms with Gasteiger partial charge in [0.1, 0.15) is 41.6 Å². The van der Waals surface area contributed by atoms with E-state index in [0.717, 1.165) is 11.1 Å². The van der Waals surface area contributed by atoms with Gasteiger partial charge in [0.05, 0.1) is 11.2 Å². The first-order chi connectivity index (χ1) is 15.8. The van der Waals surface area contributed by atoms with Gasteiger partial charge in [0.2, 0.25) is 0 Å². The first-order valence-corrected chi connectivity index (χ1v) is 10.7. The number of nitrogens with two attached hydrogens (primary N) is 1. The molecule has 4 aromatic rings. The Morgan fingerprint density at radius 2 is 2.12 bits per heavy atom. The fourth-order valence-corrected chi connectivity index (χ4v) is 5.01. The molecule has 10 heteroatoms. The second-order valence-electron chi connectivity index (χ2n) is 8.71. The third kappa shape index (κ3) is 2.98. The summed E-state index contributed by atoms with van der Waals surface area (Å²) in [6.45, 7) is 1.88. The van der Waals surface area contributed by atoms with Crippen molar-refractivity contribution in [1.29, 1.82) is 0 Å². The first-order valence-electron chi connectivity index (χ1n) is 10.7. The molecule has 1 aromatic carbocycles. The van der Waals surface area contributed by atoms with Crippen LogP contribution in [0, 0.1) is 12.7 Å². The van der Waals surface area contributed by atoms with E-state index in [-0.39, 0.29) is 5.82 Å². The van der Waals surface area contributed by atoms with Crippen LogP contribution in [0.5, 0.6) is 5.75 Å². The summed E-state index contributed by atoms with van der Waals surface area (Å²) < 4.78 is 27.7. The van der Waals surface area contributed by atoms with Crippen LogP contribution in [0.3, 0.4) is 0 Å². The fourth-order valence-electron chi connectivity index (χ4n) is 5.01. The molecule has 170 valence electrons. The van der Waals surface area contributed by atoms with Gasteiger partial charge < -0.3 is 30.0 Å². The highest BCUT2D eigenvalue weighted by Crippen LogP contribution is 2.48. The number of pyridine rings is 1. The maximum Gasteiger partial charge on any atom is 0.165 e. The van der Waals surface area contributed by atoms with Crippen LogP contribution < -0.4 is 10.5 Å². The average Bonchev–Trinajstić information content (AvgIpc) is 3.42. The summed E-state index contributed by atoms with van der Waals surface area (Å²) >= 11 is 0. The van der Waals surface area contributed by atoms with Gasteiger partial charge in [0.25, 0.3) is 0 Å². The number of aromatic nitrogens is 4. The van der Waals surface area contributed by atoms with Gasteiger partial charge in [-0.25, -0.2) is 19.3 Å². The quantitative estimate of drug-likeness (QED) is 0.433. The molecule has 0 spiro atoms. The lowest BCUT2D eigenvalue weighted by Gasteiger charge is -2.26. The van der Waals surface area contributed by atoms with Gasteiger partial charge in [-0.15, -0.1) is 0 Å². The molecule has 33 heavy (non-hydrogen) atoms. The van der Waals surface area contributed by atoms with E-state index in [9.17, 15) is 14.6 Å². The Morgan fingerprint density at radius 3 is 2.97 bits per heavy atom. The van der Waals surface area contributed by atoms with E-state index in [1.807, 2.05) is 13.0 Å². The lowest BCUT2D eigenvalue weighted by molar-refractivity contribution is -0.0791. The number of aliphatic hydroxyl groups is 2. The highest BCUT2D eigenvalue weighted by Gasteiger charge is 2.62. The number of hydrogen-bond acceptors (Lipinski definition) is 8. The number of nitrogens with zero attached hydrogens (tertiary/aromatic N) is 4. The van der Waals surface area contributed by atoms with Gasteiger partial charge >= 0.3 is 0 Å². The number of aliphatic hydroxyl groups excluding tert-OH is 1. The topological polar surface area (TPSA) is 129 Å². The Morgan fingerprint density at radius 1 is 1.27 bits per heavy atom. The monoisotopic (exact) mass is 451 g/mol. The fraction of sp³-hybridized carbons (Fsp3) is 0.348. The molecule has 1 aliphatic carbocycles. The molecule has 0 radical (unpaired) electrons. The van der Waals surface area contributed by atoms with Crippen LogP contribution in [0.4, 0.5) is 10.2 Å². The normalized spacial score (nSPS) is 29.1. The van der Waals surface area contributed by atoms with Gasteiger partial charge in [-0.2, -0.15) is 0 Å². The number of anilines is 1. The van der Waals surface area contributed by atoms with Crippen molar-refractivity contribution in [3.8, 4) is 5.75 Å². The van der Waals surface area contributed by atoms with Crippen LogP contribution in [0.2, 0.25) is 0 Å². The van der Waals surface area contributed by atoms with Gasteiger partial charge in [-0.1, -0.05) is 0 Å². The molecule has 1 aliphatic heterocycles. The number of nitrogen functional groups attached to an aromatic ring is 1. The van der Waals surface area contributed by atoms with E-state index >= 15 is 0 Å². The van der Waals surface area contributed by atoms with Crippen molar-refractivity contribution in [1.82, 2.24) is 19.5 Å². The summed E-state index contributed by atoms with van der Waals surface area (Å²) in [4.78, 5) is 12.6. The number of fused-ring (bicyclic) bond motifs is 3. The van der Waals surface area contributed by atoms with Crippen LogP contribution in [-0.2, 0) is 4.74 Å². The average molecular weight is 451 g/mol. The molecule has 0 unspecified atom stereocenters. The van der Waals surface area contributed by atoms with Gasteiger partial charge in [0.15, 0.2) is 17.9 Å². The second-order valence-corrected chi connectivity index (χ2v) is 8.71. The number of benzene rings is 1. The molecule has 4 N–H and O–H groups in total. The summed E-state index contributed by atoms with van der Waals surface area (Å²) in [6.07, 6.45) is 0.820. The van der Waals surface area contributed by atoms with Crippen molar-refractivity contribution in [2.24, 2.45) is 0 Å². The molecule has 5 atom stereocenters. The summed E-state index contributed by atoms with van der Waals surface area (Å²) in [7, 11) is 0. The minimum absolute atomic E-state index is 0.182. The summed E-state index contributed by atoms with van der Waals surface area (Å²) in [5, 5.41) is 23.8. The van der Waals surface area contributed by atoms with Crippen molar-refractivity contribution in [2.45, 2.75) is 49.9 Å². The minimum Gasteiger partial charge on any atom is -0.488 e. The van der Waals surface area contributed by atoms with Crippen molar-refractivity contribution in [3.63, 3.8) is 0 Å². The SMILES string of the molecule is Cc1ncnc2c1ccn2[C@@H]1O[C@@H]2[C@@H](Oc3ccc4cc(F)c(N)nc4c3)CC[C@]2(O)[C@H]1O. The molecule has 9 nitrogen and oxygen atoms in total. The smallest absolute Gasteiger partial charge is 0.165 e. The van der Waals surface area contributed by atoms with E-state index in [0.29, 0.717) is 35.1 Å². The highest BCUT2D eigenvalue weighted by atomic mass is 19.1. The summed E-state index contributed by atoms with van der Waals surface area (Å²) in [5.41, 5.74) is 6.07. The number of hydrogen-bond donors (Lipinski definition) is 3. The van der Waals surface area contributed by atoms with E-state index in [4.69, 9.17) is 15.2 Å². The largest absolute Gasteiger partial charge is 0.488 e. The molecule has 1 saturated heterocycles. The van der Waals surface area contributed by atoms with E-state index < -0.39 is 36.0 Å². The number of aryl methyl sites for hydroxylation is 1. The van der Waals surface area contributed by atoms with Crippen molar-refractivity contribution in [2.75, 3.05) is 5.73 Å². The van der Waals surface area contributed by atoms with Gasteiger partial charge in [0, 0.05) is 23.0 Å². The predicted octanol–water partition coefficient (Wildman–Crippen LogP) is 2.24. The predicted molar refractivity (Wildman–Crippen MR) is 117 cm³/mol. The summed E-state index contributed by atoms with van der Waals surface area (Å²) in [5.74, 6) is -0.265. The number of halogens is 1. The second kappa shape index (κ2) is 7.08. The van der Waals surface area contributed by atoms with Gasteiger partial charge in [-0.05, 0) is 44.0 Å². The van der Waals surface area contributed by atoms with Crippen molar-refractivity contribution in [3.05, 3.63) is 54.4 Å². The molecule has 4 heterocycles. The number of rotatable bonds is 3. The first kappa shape index (κ1) is 20.3. The highest BCUT2D eigenvalue weighted by molar-refractivity contribution is 5.81.